The van der Waals surface area contributed by atoms with Crippen LogP contribution in [0.15, 0.2) is 47.5 Å². The standard InChI is InChI=1S/C16H14ClN7O/c17-9-3-1-2-4-11(9)24-7-8(10-5-6-20-16(19)21-10)13-12(15(24)25)14(18)23-22-13/h1-7,14,22-23H,18H2,(H2,19,20,21). The molecule has 1 aliphatic heterocycles. The zero-order chi connectivity index (χ0) is 17.6. The first-order chi connectivity index (χ1) is 12.1. The number of hydrazine groups is 1. The molecule has 0 bridgehead atoms. The number of halogens is 1. The number of hydrogen-bond donors (Lipinski definition) is 4. The highest BCUT2D eigenvalue weighted by molar-refractivity contribution is 6.32. The van der Waals surface area contributed by atoms with Gasteiger partial charge in [0.05, 0.1) is 27.7 Å². The summed E-state index contributed by atoms with van der Waals surface area (Å²) in [7, 11) is 0. The monoisotopic (exact) mass is 355 g/mol. The highest BCUT2D eigenvalue weighted by Crippen LogP contribution is 2.34. The molecule has 3 heterocycles. The van der Waals surface area contributed by atoms with Gasteiger partial charge < -0.3 is 16.9 Å². The van der Waals surface area contributed by atoms with Gasteiger partial charge in [0.2, 0.25) is 5.95 Å². The van der Waals surface area contributed by atoms with E-state index in [1.165, 1.54) is 4.57 Å². The number of fused-ring (bicyclic) bond motifs is 1. The highest BCUT2D eigenvalue weighted by Gasteiger charge is 2.28. The van der Waals surface area contributed by atoms with E-state index in [0.717, 1.165) is 0 Å². The van der Waals surface area contributed by atoms with Crippen LogP contribution in [0.4, 0.5) is 11.6 Å². The number of hydrogen-bond acceptors (Lipinski definition) is 7. The van der Waals surface area contributed by atoms with Gasteiger partial charge in [-0.1, -0.05) is 23.7 Å². The Hall–Kier alpha value is -2.94. The quantitative estimate of drug-likeness (QED) is 0.548. The van der Waals surface area contributed by atoms with Gasteiger partial charge in [0.1, 0.15) is 6.17 Å². The van der Waals surface area contributed by atoms with Crippen LogP contribution in [-0.4, -0.2) is 14.5 Å². The molecule has 3 aromatic rings. The van der Waals surface area contributed by atoms with Crippen molar-refractivity contribution < 1.29 is 0 Å². The number of aromatic nitrogens is 3. The second-order valence-electron chi connectivity index (χ2n) is 5.51. The minimum absolute atomic E-state index is 0.136. The van der Waals surface area contributed by atoms with Crippen LogP contribution in [0.5, 0.6) is 0 Å². The van der Waals surface area contributed by atoms with Crippen LogP contribution >= 0.6 is 11.6 Å². The van der Waals surface area contributed by atoms with Crippen LogP contribution in [0.3, 0.4) is 0 Å². The van der Waals surface area contributed by atoms with E-state index < -0.39 is 6.17 Å². The van der Waals surface area contributed by atoms with Crippen LogP contribution in [0.2, 0.25) is 5.02 Å². The number of para-hydroxylation sites is 1. The summed E-state index contributed by atoms with van der Waals surface area (Å²) in [6.07, 6.45) is 2.56. The second kappa shape index (κ2) is 5.85. The maximum atomic E-state index is 13.0. The van der Waals surface area contributed by atoms with Crippen LogP contribution in [0, 0.1) is 0 Å². The fraction of sp³-hybridized carbons (Fsp3) is 0.0625. The lowest BCUT2D eigenvalue weighted by Gasteiger charge is -2.14. The first kappa shape index (κ1) is 15.6. The summed E-state index contributed by atoms with van der Waals surface area (Å²) < 4.78 is 1.46. The van der Waals surface area contributed by atoms with Crippen molar-refractivity contribution in [2.24, 2.45) is 5.73 Å². The van der Waals surface area contributed by atoms with Crippen molar-refractivity contribution in [1.82, 2.24) is 20.0 Å². The smallest absolute Gasteiger partial charge is 0.263 e. The molecule has 1 atom stereocenters. The average molecular weight is 356 g/mol. The van der Waals surface area contributed by atoms with E-state index in [1.54, 1.807) is 42.7 Å². The summed E-state index contributed by atoms with van der Waals surface area (Å²) in [5.41, 5.74) is 20.0. The second-order valence-corrected chi connectivity index (χ2v) is 5.91. The van der Waals surface area contributed by atoms with Gasteiger partial charge in [0.25, 0.3) is 5.56 Å². The Kier molecular flexibility index (Phi) is 3.65. The molecule has 9 heteroatoms. The molecule has 0 fully saturated rings. The van der Waals surface area contributed by atoms with Crippen molar-refractivity contribution in [3.05, 3.63) is 63.7 Å². The maximum absolute atomic E-state index is 13.0. The number of benzene rings is 1. The first-order valence-electron chi connectivity index (χ1n) is 7.46. The van der Waals surface area contributed by atoms with Gasteiger partial charge in [-0.15, -0.1) is 0 Å². The molecule has 0 saturated heterocycles. The SMILES string of the molecule is Nc1nccc(-c2cn(-c3ccccc3Cl)c(=O)c3c2NNC3N)n1. The molecule has 25 heavy (non-hydrogen) atoms. The van der Waals surface area contributed by atoms with Crippen LogP contribution in [0.1, 0.15) is 11.7 Å². The first-order valence-corrected chi connectivity index (χ1v) is 7.84. The molecular weight excluding hydrogens is 342 g/mol. The highest BCUT2D eigenvalue weighted by atomic mass is 35.5. The van der Waals surface area contributed by atoms with E-state index in [4.69, 9.17) is 23.1 Å². The fourth-order valence-electron chi connectivity index (χ4n) is 2.82. The molecule has 1 aromatic carbocycles. The number of nitrogens with zero attached hydrogens (tertiary/aromatic N) is 3. The fourth-order valence-corrected chi connectivity index (χ4v) is 3.05. The number of nitrogen functional groups attached to an aromatic ring is 1. The molecule has 0 spiro atoms. The van der Waals surface area contributed by atoms with Crippen LogP contribution in [-0.2, 0) is 0 Å². The predicted octanol–water partition coefficient (Wildman–Crippen LogP) is 1.42. The van der Waals surface area contributed by atoms with Crippen molar-refractivity contribution >= 4 is 23.2 Å². The molecule has 6 N–H and O–H groups in total. The molecule has 0 radical (unpaired) electrons. The predicted molar refractivity (Wildman–Crippen MR) is 96.2 cm³/mol. The zero-order valence-corrected chi connectivity index (χ0v) is 13.7. The van der Waals surface area contributed by atoms with E-state index >= 15 is 0 Å². The minimum Gasteiger partial charge on any atom is -0.368 e. The summed E-state index contributed by atoms with van der Waals surface area (Å²) in [6.45, 7) is 0. The third-order valence-electron chi connectivity index (χ3n) is 3.97. The lowest BCUT2D eigenvalue weighted by atomic mass is 10.1. The number of anilines is 2. The summed E-state index contributed by atoms with van der Waals surface area (Å²) in [6, 6.07) is 8.79. The van der Waals surface area contributed by atoms with E-state index in [1.807, 2.05) is 0 Å². The largest absolute Gasteiger partial charge is 0.368 e. The van der Waals surface area contributed by atoms with Crippen LogP contribution in [0.25, 0.3) is 16.9 Å². The van der Waals surface area contributed by atoms with Crippen LogP contribution < -0.4 is 27.9 Å². The molecule has 0 amide bonds. The van der Waals surface area contributed by atoms with Gasteiger partial charge >= 0.3 is 0 Å². The molecule has 2 aromatic heterocycles. The molecule has 0 saturated carbocycles. The number of rotatable bonds is 2. The van der Waals surface area contributed by atoms with Gasteiger partial charge in [-0.2, -0.15) is 0 Å². The molecule has 1 aliphatic rings. The summed E-state index contributed by atoms with van der Waals surface area (Å²) >= 11 is 6.27. The topological polar surface area (TPSA) is 124 Å². The van der Waals surface area contributed by atoms with Crippen molar-refractivity contribution in [1.29, 1.82) is 0 Å². The zero-order valence-electron chi connectivity index (χ0n) is 12.9. The summed E-state index contributed by atoms with van der Waals surface area (Å²) in [4.78, 5) is 21.1. The Morgan fingerprint density at radius 1 is 1.24 bits per heavy atom. The van der Waals surface area contributed by atoms with Gasteiger partial charge in [0, 0.05) is 18.0 Å². The lowest BCUT2D eigenvalue weighted by molar-refractivity contribution is 0.647. The number of pyridine rings is 1. The van der Waals surface area contributed by atoms with Crippen molar-refractivity contribution in [3.8, 4) is 16.9 Å². The van der Waals surface area contributed by atoms with E-state index in [0.29, 0.717) is 33.2 Å². The molecule has 126 valence electrons. The average Bonchev–Trinajstić information content (AvgIpc) is 2.99. The Morgan fingerprint density at radius 2 is 2.04 bits per heavy atom. The Balaban J connectivity index is 2.05. The normalized spacial score (nSPS) is 15.7. The Morgan fingerprint density at radius 3 is 2.80 bits per heavy atom. The molecule has 4 rings (SSSR count). The summed E-state index contributed by atoms with van der Waals surface area (Å²) in [5.74, 6) is 0.136. The van der Waals surface area contributed by atoms with E-state index in [-0.39, 0.29) is 11.5 Å². The molecule has 8 nitrogen and oxygen atoms in total. The third kappa shape index (κ3) is 2.52. The van der Waals surface area contributed by atoms with Gasteiger partial charge in [-0.05, 0) is 18.2 Å². The molecular formula is C16H14ClN7O. The molecule has 1 unspecified atom stereocenters. The number of nitrogens with one attached hydrogen (secondary N) is 2. The van der Waals surface area contributed by atoms with Crippen molar-refractivity contribution in [2.45, 2.75) is 6.17 Å². The summed E-state index contributed by atoms with van der Waals surface area (Å²) in [5, 5.41) is 0.449. The lowest BCUT2D eigenvalue weighted by Crippen LogP contribution is -2.30. The van der Waals surface area contributed by atoms with Gasteiger partial charge in [-0.25, -0.2) is 15.4 Å². The third-order valence-corrected chi connectivity index (χ3v) is 4.29. The number of nitrogens with two attached hydrogens (primary N) is 2. The van der Waals surface area contributed by atoms with E-state index in [9.17, 15) is 4.79 Å². The Bertz CT molecular complexity index is 1030. The van der Waals surface area contributed by atoms with Crippen molar-refractivity contribution in [3.63, 3.8) is 0 Å². The van der Waals surface area contributed by atoms with Gasteiger partial charge in [-0.3, -0.25) is 9.36 Å². The van der Waals surface area contributed by atoms with Gasteiger partial charge in [0.15, 0.2) is 0 Å². The Labute approximate surface area is 147 Å². The van der Waals surface area contributed by atoms with Crippen molar-refractivity contribution in [2.75, 3.05) is 11.2 Å². The maximum Gasteiger partial charge on any atom is 0.263 e. The van der Waals surface area contributed by atoms with E-state index in [2.05, 4.69) is 20.8 Å². The molecule has 0 aliphatic carbocycles. The minimum atomic E-state index is -0.657.